The van der Waals surface area contributed by atoms with E-state index in [0.29, 0.717) is 6.54 Å². The molecule has 0 spiro atoms. The summed E-state index contributed by atoms with van der Waals surface area (Å²) in [5.41, 5.74) is 6.67. The van der Waals surface area contributed by atoms with Crippen molar-refractivity contribution in [1.82, 2.24) is 9.38 Å². The molecule has 0 aromatic carbocycles. The Bertz CT molecular complexity index is 491. The van der Waals surface area contributed by atoms with Crippen molar-refractivity contribution in [2.45, 2.75) is 32.2 Å². The third-order valence-electron chi connectivity index (χ3n) is 3.33. The standard InChI is InChI=1S/C13H20N4/c1-3-13(2,7-8-14)16-12-6-4-5-11-15-9-10-17(11)12/h4-6,9-10,16H,3,7-8,14H2,1-2H3. The number of anilines is 1. The molecule has 0 aliphatic heterocycles. The van der Waals surface area contributed by atoms with Crippen molar-refractivity contribution in [2.24, 2.45) is 5.73 Å². The Morgan fingerprint density at radius 1 is 1.47 bits per heavy atom. The second-order valence-corrected chi connectivity index (χ2v) is 4.64. The lowest BCUT2D eigenvalue weighted by atomic mass is 9.94. The van der Waals surface area contributed by atoms with Crippen LogP contribution in [-0.4, -0.2) is 21.5 Å². The van der Waals surface area contributed by atoms with E-state index < -0.39 is 0 Å². The van der Waals surface area contributed by atoms with Gasteiger partial charge in [0.25, 0.3) is 0 Å². The largest absolute Gasteiger partial charge is 0.366 e. The number of hydrogen-bond acceptors (Lipinski definition) is 3. The predicted octanol–water partition coefficient (Wildman–Crippen LogP) is 2.26. The minimum absolute atomic E-state index is 0.0350. The summed E-state index contributed by atoms with van der Waals surface area (Å²) in [7, 11) is 0. The molecule has 0 radical (unpaired) electrons. The summed E-state index contributed by atoms with van der Waals surface area (Å²) in [4.78, 5) is 4.28. The van der Waals surface area contributed by atoms with E-state index in [1.165, 1.54) is 0 Å². The summed E-state index contributed by atoms with van der Waals surface area (Å²) in [6, 6.07) is 6.08. The molecule has 4 nitrogen and oxygen atoms in total. The number of nitrogens with one attached hydrogen (secondary N) is 1. The van der Waals surface area contributed by atoms with Crippen LogP contribution in [0.1, 0.15) is 26.7 Å². The Hall–Kier alpha value is -1.55. The molecule has 1 atom stereocenters. The van der Waals surface area contributed by atoms with Crippen LogP contribution >= 0.6 is 0 Å². The van der Waals surface area contributed by atoms with E-state index in [1.54, 1.807) is 0 Å². The Balaban J connectivity index is 2.31. The highest BCUT2D eigenvalue weighted by atomic mass is 15.1. The van der Waals surface area contributed by atoms with E-state index in [2.05, 4.69) is 34.6 Å². The predicted molar refractivity (Wildman–Crippen MR) is 71.2 cm³/mol. The number of rotatable bonds is 5. The van der Waals surface area contributed by atoms with Crippen molar-refractivity contribution < 1.29 is 0 Å². The number of hydrogen-bond donors (Lipinski definition) is 2. The van der Waals surface area contributed by atoms with Gasteiger partial charge in [-0.25, -0.2) is 4.98 Å². The minimum Gasteiger partial charge on any atom is -0.366 e. The zero-order valence-electron chi connectivity index (χ0n) is 10.5. The molecule has 4 heteroatoms. The third-order valence-corrected chi connectivity index (χ3v) is 3.33. The molecule has 2 aromatic heterocycles. The number of aromatic nitrogens is 2. The molecule has 0 aliphatic carbocycles. The van der Waals surface area contributed by atoms with E-state index in [-0.39, 0.29) is 5.54 Å². The summed E-state index contributed by atoms with van der Waals surface area (Å²) >= 11 is 0. The molecule has 92 valence electrons. The number of pyridine rings is 1. The van der Waals surface area contributed by atoms with Crippen molar-refractivity contribution in [3.8, 4) is 0 Å². The number of fused-ring (bicyclic) bond motifs is 1. The molecule has 0 saturated heterocycles. The number of nitrogens with two attached hydrogens (primary N) is 1. The van der Waals surface area contributed by atoms with E-state index >= 15 is 0 Å². The highest BCUT2D eigenvalue weighted by Crippen LogP contribution is 2.22. The molecule has 0 bridgehead atoms. The first-order valence-corrected chi connectivity index (χ1v) is 6.09. The molecule has 0 amide bonds. The quantitative estimate of drug-likeness (QED) is 0.831. The van der Waals surface area contributed by atoms with Gasteiger partial charge in [0.1, 0.15) is 11.5 Å². The van der Waals surface area contributed by atoms with E-state index in [1.807, 2.05) is 24.5 Å². The molecule has 0 fully saturated rings. The number of nitrogens with zero attached hydrogens (tertiary/aromatic N) is 2. The summed E-state index contributed by atoms with van der Waals surface area (Å²) in [6.45, 7) is 5.07. The second kappa shape index (κ2) is 4.75. The maximum Gasteiger partial charge on any atom is 0.138 e. The Labute approximate surface area is 102 Å². The molecule has 2 aromatic rings. The molecule has 3 N–H and O–H groups in total. The van der Waals surface area contributed by atoms with Crippen LogP contribution in [0.25, 0.3) is 5.65 Å². The topological polar surface area (TPSA) is 55.3 Å². The van der Waals surface area contributed by atoms with Gasteiger partial charge in [0.2, 0.25) is 0 Å². The summed E-state index contributed by atoms with van der Waals surface area (Å²) in [5, 5.41) is 3.58. The van der Waals surface area contributed by atoms with Crippen LogP contribution in [0.2, 0.25) is 0 Å². The first kappa shape index (κ1) is 11.9. The van der Waals surface area contributed by atoms with Gasteiger partial charge in [-0.05, 0) is 38.4 Å². The molecular formula is C13H20N4. The van der Waals surface area contributed by atoms with Gasteiger partial charge >= 0.3 is 0 Å². The Morgan fingerprint density at radius 3 is 3.00 bits per heavy atom. The van der Waals surface area contributed by atoms with E-state index in [0.717, 1.165) is 24.3 Å². The van der Waals surface area contributed by atoms with Crippen LogP contribution in [0.3, 0.4) is 0 Å². The molecular weight excluding hydrogens is 212 g/mol. The zero-order valence-corrected chi connectivity index (χ0v) is 10.5. The lowest BCUT2D eigenvalue weighted by Gasteiger charge is -2.30. The summed E-state index contributed by atoms with van der Waals surface area (Å²) < 4.78 is 2.06. The highest BCUT2D eigenvalue weighted by Gasteiger charge is 2.21. The van der Waals surface area contributed by atoms with Gasteiger partial charge in [-0.2, -0.15) is 0 Å². The fourth-order valence-electron chi connectivity index (χ4n) is 2.00. The van der Waals surface area contributed by atoms with Crippen molar-refractivity contribution in [2.75, 3.05) is 11.9 Å². The van der Waals surface area contributed by atoms with Crippen molar-refractivity contribution in [3.05, 3.63) is 30.6 Å². The molecule has 1 unspecified atom stereocenters. The minimum atomic E-state index is 0.0350. The maximum absolute atomic E-state index is 5.68. The SMILES string of the molecule is CCC(C)(CCN)Nc1cccc2nccn12. The molecule has 2 heterocycles. The second-order valence-electron chi connectivity index (χ2n) is 4.64. The first-order valence-electron chi connectivity index (χ1n) is 6.09. The fraction of sp³-hybridized carbons (Fsp3) is 0.462. The molecule has 0 saturated carbocycles. The average Bonchev–Trinajstić information content (AvgIpc) is 2.78. The van der Waals surface area contributed by atoms with Gasteiger partial charge in [0.15, 0.2) is 0 Å². The van der Waals surface area contributed by atoms with Gasteiger partial charge < -0.3 is 11.1 Å². The van der Waals surface area contributed by atoms with E-state index in [9.17, 15) is 0 Å². The van der Waals surface area contributed by atoms with Crippen LogP contribution in [0, 0.1) is 0 Å². The Kier molecular flexibility index (Phi) is 3.33. The van der Waals surface area contributed by atoms with E-state index in [4.69, 9.17) is 5.73 Å². The van der Waals surface area contributed by atoms with Gasteiger partial charge in [0.05, 0.1) is 0 Å². The monoisotopic (exact) mass is 232 g/mol. The van der Waals surface area contributed by atoms with Crippen LogP contribution in [0.5, 0.6) is 0 Å². The first-order chi connectivity index (χ1) is 8.18. The third kappa shape index (κ3) is 2.42. The van der Waals surface area contributed by atoms with Crippen molar-refractivity contribution in [3.63, 3.8) is 0 Å². The van der Waals surface area contributed by atoms with Gasteiger partial charge in [-0.1, -0.05) is 13.0 Å². The lowest BCUT2D eigenvalue weighted by molar-refractivity contribution is 0.461. The highest BCUT2D eigenvalue weighted by molar-refractivity contribution is 5.50. The van der Waals surface area contributed by atoms with Crippen LogP contribution in [0.15, 0.2) is 30.6 Å². The van der Waals surface area contributed by atoms with Crippen molar-refractivity contribution in [1.29, 1.82) is 0 Å². The maximum atomic E-state index is 5.68. The van der Waals surface area contributed by atoms with Crippen LogP contribution in [0.4, 0.5) is 5.82 Å². The summed E-state index contributed by atoms with van der Waals surface area (Å²) in [5.74, 6) is 1.07. The normalized spacial score (nSPS) is 14.8. The fourth-order valence-corrected chi connectivity index (χ4v) is 2.00. The van der Waals surface area contributed by atoms with Gasteiger partial charge in [-0.15, -0.1) is 0 Å². The van der Waals surface area contributed by atoms with Crippen LogP contribution < -0.4 is 11.1 Å². The smallest absolute Gasteiger partial charge is 0.138 e. The van der Waals surface area contributed by atoms with Crippen LogP contribution in [-0.2, 0) is 0 Å². The molecule has 0 aliphatic rings. The zero-order chi connectivity index (χ0) is 12.3. The Morgan fingerprint density at radius 2 is 2.29 bits per heavy atom. The molecule has 17 heavy (non-hydrogen) atoms. The summed E-state index contributed by atoms with van der Waals surface area (Å²) in [6.07, 6.45) is 5.77. The van der Waals surface area contributed by atoms with Crippen molar-refractivity contribution >= 4 is 11.5 Å². The van der Waals surface area contributed by atoms with Gasteiger partial charge in [-0.3, -0.25) is 4.40 Å². The van der Waals surface area contributed by atoms with Gasteiger partial charge in [0, 0.05) is 17.9 Å². The lowest BCUT2D eigenvalue weighted by Crippen LogP contribution is -2.36. The number of imidazole rings is 1. The molecule has 2 rings (SSSR count). The average molecular weight is 232 g/mol.